The molecular weight excluding hydrogens is 258 g/mol. The Bertz CT molecular complexity index is 299. The van der Waals surface area contributed by atoms with Gasteiger partial charge in [0.25, 0.3) is 0 Å². The van der Waals surface area contributed by atoms with Crippen LogP contribution in [0.15, 0.2) is 0 Å². The van der Waals surface area contributed by atoms with Gasteiger partial charge in [0.1, 0.15) is 0 Å². The monoisotopic (exact) mass is 295 g/mol. The van der Waals surface area contributed by atoms with Gasteiger partial charge in [0, 0.05) is 12.6 Å². The molecule has 0 spiro atoms. The minimum Gasteiger partial charge on any atom is -0.374 e. The molecule has 1 N–H and O–H groups in total. The maximum Gasteiger partial charge on any atom is 0.0837 e. The topological polar surface area (TPSA) is 21.3 Å². The number of rotatable bonds is 5. The predicted octanol–water partition coefficient (Wildman–Crippen LogP) is 4.63. The molecule has 0 saturated heterocycles. The third kappa shape index (κ3) is 4.01. The second-order valence-electron chi connectivity index (χ2n) is 8.12. The van der Waals surface area contributed by atoms with Crippen LogP contribution in [0, 0.1) is 23.7 Å². The number of hydrogen-bond acceptors (Lipinski definition) is 2. The van der Waals surface area contributed by atoms with Gasteiger partial charge < -0.3 is 10.1 Å². The number of hydrogen-bond donors (Lipinski definition) is 1. The third-order valence-corrected chi connectivity index (χ3v) is 6.12. The second kappa shape index (κ2) is 7.46. The first-order valence-electron chi connectivity index (χ1n) is 9.32. The Morgan fingerprint density at radius 2 is 1.57 bits per heavy atom. The van der Waals surface area contributed by atoms with Crippen molar-refractivity contribution in [3.8, 4) is 0 Å². The summed E-state index contributed by atoms with van der Waals surface area (Å²) < 4.78 is 6.43. The fourth-order valence-corrected chi connectivity index (χ4v) is 5.29. The van der Waals surface area contributed by atoms with E-state index in [1.165, 1.54) is 44.9 Å². The van der Waals surface area contributed by atoms with E-state index in [9.17, 15) is 0 Å². The molecule has 2 heteroatoms. The SMILES string of the molecule is CCOC1(C(NC)C2CC(C)CC(C)C2)CCC(C)CC1. The van der Waals surface area contributed by atoms with Crippen LogP contribution < -0.4 is 5.32 Å². The van der Waals surface area contributed by atoms with Crippen LogP contribution in [0.4, 0.5) is 0 Å². The van der Waals surface area contributed by atoms with Gasteiger partial charge in [-0.2, -0.15) is 0 Å². The van der Waals surface area contributed by atoms with E-state index in [4.69, 9.17) is 4.74 Å². The van der Waals surface area contributed by atoms with E-state index in [0.717, 1.165) is 30.3 Å². The summed E-state index contributed by atoms with van der Waals surface area (Å²) in [7, 11) is 2.16. The maximum atomic E-state index is 6.43. The molecule has 0 aliphatic heterocycles. The van der Waals surface area contributed by atoms with Gasteiger partial charge in [-0.1, -0.05) is 20.8 Å². The molecule has 2 fully saturated rings. The van der Waals surface area contributed by atoms with Crippen LogP contribution in [-0.2, 0) is 4.74 Å². The molecule has 3 atom stereocenters. The minimum absolute atomic E-state index is 0.0947. The molecule has 2 nitrogen and oxygen atoms in total. The van der Waals surface area contributed by atoms with Gasteiger partial charge in [-0.3, -0.25) is 0 Å². The van der Waals surface area contributed by atoms with Crippen LogP contribution >= 0.6 is 0 Å². The normalized spacial score (nSPS) is 42.7. The number of ether oxygens (including phenoxy) is 1. The molecule has 2 aliphatic carbocycles. The summed E-state index contributed by atoms with van der Waals surface area (Å²) in [6.45, 7) is 10.3. The van der Waals surface area contributed by atoms with E-state index >= 15 is 0 Å². The summed E-state index contributed by atoms with van der Waals surface area (Å²) in [5.74, 6) is 3.40. The quantitative estimate of drug-likeness (QED) is 0.798. The average Bonchev–Trinajstić information content (AvgIpc) is 2.42. The van der Waals surface area contributed by atoms with Crippen LogP contribution in [0.5, 0.6) is 0 Å². The highest BCUT2D eigenvalue weighted by Crippen LogP contribution is 2.44. The zero-order chi connectivity index (χ0) is 15.5. The lowest BCUT2D eigenvalue weighted by Gasteiger charge is -2.49. The molecule has 0 heterocycles. The van der Waals surface area contributed by atoms with E-state index in [1.807, 2.05) is 0 Å². The van der Waals surface area contributed by atoms with Crippen LogP contribution in [0.1, 0.15) is 72.6 Å². The fourth-order valence-electron chi connectivity index (χ4n) is 5.29. The van der Waals surface area contributed by atoms with Gasteiger partial charge >= 0.3 is 0 Å². The smallest absolute Gasteiger partial charge is 0.0837 e. The Hall–Kier alpha value is -0.0800. The first kappa shape index (κ1) is 17.3. The summed E-state index contributed by atoms with van der Waals surface area (Å²) >= 11 is 0. The summed E-state index contributed by atoms with van der Waals surface area (Å²) in [5, 5.41) is 3.70. The predicted molar refractivity (Wildman–Crippen MR) is 90.5 cm³/mol. The molecular formula is C19H37NO. The Morgan fingerprint density at radius 1 is 1.00 bits per heavy atom. The highest BCUT2D eigenvalue weighted by atomic mass is 16.5. The standard InChI is InChI=1S/C19H37NO/c1-6-21-19(9-7-14(2)8-10-19)18(20-5)17-12-15(3)11-16(4)13-17/h14-18,20H,6-13H2,1-5H3. The first-order chi connectivity index (χ1) is 10.0. The molecule has 124 valence electrons. The van der Waals surface area contributed by atoms with Crippen molar-refractivity contribution in [2.45, 2.75) is 84.3 Å². The summed E-state index contributed by atoms with van der Waals surface area (Å²) in [6, 6.07) is 0.537. The molecule has 0 aromatic heterocycles. The fraction of sp³-hybridized carbons (Fsp3) is 1.00. The summed E-state index contributed by atoms with van der Waals surface area (Å²) in [5.41, 5.74) is 0.0947. The number of nitrogens with one attached hydrogen (secondary N) is 1. The molecule has 21 heavy (non-hydrogen) atoms. The maximum absolute atomic E-state index is 6.43. The average molecular weight is 296 g/mol. The Balaban J connectivity index is 2.15. The molecule has 2 saturated carbocycles. The van der Waals surface area contributed by atoms with Crippen molar-refractivity contribution >= 4 is 0 Å². The highest BCUT2D eigenvalue weighted by Gasteiger charge is 2.46. The van der Waals surface area contributed by atoms with Gasteiger partial charge in [0.15, 0.2) is 0 Å². The van der Waals surface area contributed by atoms with Gasteiger partial charge in [0.05, 0.1) is 5.60 Å². The molecule has 2 aliphatic rings. The van der Waals surface area contributed by atoms with Crippen LogP contribution in [-0.4, -0.2) is 25.3 Å². The summed E-state index contributed by atoms with van der Waals surface area (Å²) in [6.07, 6.45) is 9.30. The van der Waals surface area contributed by atoms with Gasteiger partial charge in [-0.05, 0) is 82.6 Å². The van der Waals surface area contributed by atoms with Crippen molar-refractivity contribution in [2.24, 2.45) is 23.7 Å². The lowest BCUT2D eigenvalue weighted by molar-refractivity contribution is -0.113. The zero-order valence-electron chi connectivity index (χ0n) is 15.0. The van der Waals surface area contributed by atoms with E-state index in [0.29, 0.717) is 6.04 Å². The van der Waals surface area contributed by atoms with Crippen LogP contribution in [0.25, 0.3) is 0 Å². The van der Waals surface area contributed by atoms with E-state index in [1.54, 1.807) is 0 Å². The van der Waals surface area contributed by atoms with Crippen molar-refractivity contribution < 1.29 is 4.74 Å². The van der Waals surface area contributed by atoms with Crippen molar-refractivity contribution in [3.05, 3.63) is 0 Å². The van der Waals surface area contributed by atoms with Crippen molar-refractivity contribution in [2.75, 3.05) is 13.7 Å². The second-order valence-corrected chi connectivity index (χ2v) is 8.12. The minimum atomic E-state index is 0.0947. The van der Waals surface area contributed by atoms with Gasteiger partial charge in [-0.15, -0.1) is 0 Å². The van der Waals surface area contributed by atoms with E-state index < -0.39 is 0 Å². The largest absolute Gasteiger partial charge is 0.374 e. The molecule has 0 bridgehead atoms. The van der Waals surface area contributed by atoms with Gasteiger partial charge in [0.2, 0.25) is 0 Å². The molecule has 2 rings (SSSR count). The van der Waals surface area contributed by atoms with Gasteiger partial charge in [-0.25, -0.2) is 0 Å². The molecule has 3 unspecified atom stereocenters. The number of likely N-dealkylation sites (N-methyl/N-ethyl adjacent to an activating group) is 1. The lowest BCUT2D eigenvalue weighted by atomic mass is 9.65. The lowest BCUT2D eigenvalue weighted by Crippen LogP contribution is -2.57. The van der Waals surface area contributed by atoms with Crippen molar-refractivity contribution in [1.82, 2.24) is 5.32 Å². The first-order valence-corrected chi connectivity index (χ1v) is 9.32. The van der Waals surface area contributed by atoms with Crippen molar-refractivity contribution in [1.29, 1.82) is 0 Å². The van der Waals surface area contributed by atoms with E-state index in [2.05, 4.69) is 40.1 Å². The van der Waals surface area contributed by atoms with Crippen LogP contribution in [0.2, 0.25) is 0 Å². The Morgan fingerprint density at radius 3 is 2.05 bits per heavy atom. The highest BCUT2D eigenvalue weighted by molar-refractivity contribution is 5.00. The molecule has 0 aromatic carbocycles. The Labute approximate surface area is 132 Å². The molecule has 0 amide bonds. The zero-order valence-corrected chi connectivity index (χ0v) is 15.0. The Kier molecular flexibility index (Phi) is 6.14. The summed E-state index contributed by atoms with van der Waals surface area (Å²) in [4.78, 5) is 0. The van der Waals surface area contributed by atoms with Crippen molar-refractivity contribution in [3.63, 3.8) is 0 Å². The molecule has 0 radical (unpaired) electrons. The van der Waals surface area contributed by atoms with Crippen LogP contribution in [0.3, 0.4) is 0 Å². The third-order valence-electron chi connectivity index (χ3n) is 6.12. The molecule has 0 aromatic rings. The van der Waals surface area contributed by atoms with E-state index in [-0.39, 0.29) is 5.60 Å².